The van der Waals surface area contributed by atoms with Crippen LogP contribution in [0.1, 0.15) is 0 Å². The first-order valence-electron chi connectivity index (χ1n) is 19.8. The monoisotopic (exact) mass is 739 g/mol. The maximum Gasteiger partial charge on any atom is 0.143 e. The molecule has 0 atom stereocenters. The second-order valence-electron chi connectivity index (χ2n) is 14.9. The van der Waals surface area contributed by atoms with Crippen LogP contribution in [-0.4, -0.2) is 0 Å². The van der Waals surface area contributed by atoms with E-state index in [1.165, 1.54) is 43.8 Å². The van der Waals surface area contributed by atoms with E-state index in [1.807, 2.05) is 12.1 Å². The number of benzene rings is 10. The third-order valence-corrected chi connectivity index (χ3v) is 11.5. The third kappa shape index (κ3) is 5.82. The number of nitrogens with zero attached hydrogens (tertiary/aromatic N) is 1. The van der Waals surface area contributed by atoms with E-state index in [9.17, 15) is 0 Å². The topological polar surface area (TPSA) is 16.4 Å². The molecule has 1 heterocycles. The predicted octanol–water partition coefficient (Wildman–Crippen LogP) is 16.0. The SMILES string of the molecule is c1cc(-c2ccccc2N(c2ccc(-c3cccc4ccccc34)cc2)c2ccc(-c3cccc4c3oc3ccccc34)cc2)cc(-c2cccc3ccccc23)c1. The fraction of sp³-hybridized carbons (Fsp3) is 0. The first-order chi connectivity index (χ1) is 28.8. The Morgan fingerprint density at radius 1 is 0.293 bits per heavy atom. The van der Waals surface area contributed by atoms with Crippen molar-refractivity contribution in [3.63, 3.8) is 0 Å². The van der Waals surface area contributed by atoms with Crippen LogP contribution >= 0.6 is 0 Å². The number of anilines is 3. The Labute approximate surface area is 337 Å². The summed E-state index contributed by atoms with van der Waals surface area (Å²) < 4.78 is 6.45. The van der Waals surface area contributed by atoms with Gasteiger partial charge in [0.1, 0.15) is 11.2 Å². The second-order valence-corrected chi connectivity index (χ2v) is 14.9. The Morgan fingerprint density at radius 3 is 1.43 bits per heavy atom. The molecule has 0 fully saturated rings. The van der Waals surface area contributed by atoms with E-state index in [4.69, 9.17) is 4.42 Å². The van der Waals surface area contributed by atoms with Crippen molar-refractivity contribution in [2.24, 2.45) is 0 Å². The molecule has 2 heteroatoms. The van der Waals surface area contributed by atoms with E-state index in [0.717, 1.165) is 61.3 Å². The second kappa shape index (κ2) is 14.1. The molecule has 0 radical (unpaired) electrons. The van der Waals surface area contributed by atoms with E-state index >= 15 is 0 Å². The fourth-order valence-electron chi connectivity index (χ4n) is 8.70. The molecule has 11 aromatic rings. The highest BCUT2D eigenvalue weighted by atomic mass is 16.3. The Balaban J connectivity index is 1.05. The van der Waals surface area contributed by atoms with Crippen LogP contribution in [0, 0.1) is 0 Å². The van der Waals surface area contributed by atoms with Crippen LogP contribution in [0.15, 0.2) is 229 Å². The summed E-state index contributed by atoms with van der Waals surface area (Å²) in [6, 6.07) is 80.7. The molecule has 58 heavy (non-hydrogen) atoms. The molecule has 272 valence electrons. The van der Waals surface area contributed by atoms with Crippen LogP contribution in [0.4, 0.5) is 17.1 Å². The Hall–Kier alpha value is -7.68. The van der Waals surface area contributed by atoms with E-state index in [-0.39, 0.29) is 0 Å². The van der Waals surface area contributed by atoms with Crippen molar-refractivity contribution in [3.05, 3.63) is 224 Å². The van der Waals surface area contributed by atoms with Gasteiger partial charge in [0, 0.05) is 33.3 Å². The normalized spacial score (nSPS) is 11.4. The van der Waals surface area contributed by atoms with Gasteiger partial charge in [0.05, 0.1) is 5.69 Å². The lowest BCUT2D eigenvalue weighted by atomic mass is 9.94. The highest BCUT2D eigenvalue weighted by Gasteiger charge is 2.19. The van der Waals surface area contributed by atoms with Gasteiger partial charge in [0.15, 0.2) is 0 Å². The molecule has 2 nitrogen and oxygen atoms in total. The van der Waals surface area contributed by atoms with Crippen molar-refractivity contribution in [2.75, 3.05) is 4.90 Å². The van der Waals surface area contributed by atoms with Gasteiger partial charge in [-0.05, 0) is 97.4 Å². The number of furan rings is 1. The van der Waals surface area contributed by atoms with Gasteiger partial charge in [-0.15, -0.1) is 0 Å². The van der Waals surface area contributed by atoms with Crippen molar-refractivity contribution in [1.29, 1.82) is 0 Å². The van der Waals surface area contributed by atoms with Crippen molar-refractivity contribution in [3.8, 4) is 44.5 Å². The summed E-state index contributed by atoms with van der Waals surface area (Å²) in [6.07, 6.45) is 0. The lowest BCUT2D eigenvalue weighted by Gasteiger charge is -2.28. The standard InChI is InChI=1S/C56H37NO/c1-3-19-46-38(13-1)15-10-23-48(46)40-29-33-44(34-30-40)57(45-35-31-41(32-36-45)51-25-12-26-53-52-22-6-8-28-55(52)58-56(51)53)54-27-7-5-21-50(54)43-18-9-17-42(37-43)49-24-11-16-39-14-2-4-20-47(39)49/h1-37H. The molecule has 11 rings (SSSR count). The molecular weight excluding hydrogens is 703 g/mol. The molecular formula is C56H37NO. The number of hydrogen-bond donors (Lipinski definition) is 0. The molecule has 0 saturated heterocycles. The van der Waals surface area contributed by atoms with Gasteiger partial charge in [-0.25, -0.2) is 0 Å². The van der Waals surface area contributed by atoms with Crippen LogP contribution in [-0.2, 0) is 0 Å². The average Bonchev–Trinajstić information content (AvgIpc) is 3.69. The Bertz CT molecular complexity index is 3270. The molecule has 0 spiro atoms. The van der Waals surface area contributed by atoms with Gasteiger partial charge in [-0.2, -0.15) is 0 Å². The maximum absolute atomic E-state index is 6.45. The minimum Gasteiger partial charge on any atom is -0.455 e. The average molecular weight is 740 g/mol. The zero-order chi connectivity index (χ0) is 38.4. The predicted molar refractivity (Wildman–Crippen MR) is 245 cm³/mol. The van der Waals surface area contributed by atoms with Crippen LogP contribution in [0.3, 0.4) is 0 Å². The van der Waals surface area contributed by atoms with Gasteiger partial charge in [-0.3, -0.25) is 0 Å². The van der Waals surface area contributed by atoms with E-state index in [0.29, 0.717) is 0 Å². The summed E-state index contributed by atoms with van der Waals surface area (Å²) in [5.41, 5.74) is 14.4. The van der Waals surface area contributed by atoms with Crippen LogP contribution in [0.5, 0.6) is 0 Å². The lowest BCUT2D eigenvalue weighted by molar-refractivity contribution is 0.670. The molecule has 0 bridgehead atoms. The largest absolute Gasteiger partial charge is 0.455 e. The van der Waals surface area contributed by atoms with Gasteiger partial charge in [0.2, 0.25) is 0 Å². The summed E-state index contributed by atoms with van der Waals surface area (Å²) in [7, 11) is 0. The summed E-state index contributed by atoms with van der Waals surface area (Å²) in [5.74, 6) is 0. The summed E-state index contributed by atoms with van der Waals surface area (Å²) in [6.45, 7) is 0. The fourth-order valence-corrected chi connectivity index (χ4v) is 8.70. The number of rotatable bonds is 7. The summed E-state index contributed by atoms with van der Waals surface area (Å²) >= 11 is 0. The minimum atomic E-state index is 0.904. The van der Waals surface area contributed by atoms with Crippen molar-refractivity contribution >= 4 is 60.5 Å². The molecule has 0 N–H and O–H groups in total. The summed E-state index contributed by atoms with van der Waals surface area (Å²) in [4.78, 5) is 2.39. The van der Waals surface area contributed by atoms with E-state index < -0.39 is 0 Å². The molecule has 1 aromatic heterocycles. The van der Waals surface area contributed by atoms with Crippen molar-refractivity contribution < 1.29 is 4.42 Å². The number of para-hydroxylation sites is 3. The van der Waals surface area contributed by atoms with E-state index in [2.05, 4.69) is 217 Å². The summed E-state index contributed by atoms with van der Waals surface area (Å²) in [5, 5.41) is 7.25. The number of hydrogen-bond acceptors (Lipinski definition) is 2. The van der Waals surface area contributed by atoms with Crippen LogP contribution in [0.25, 0.3) is 88.0 Å². The zero-order valence-electron chi connectivity index (χ0n) is 31.7. The smallest absolute Gasteiger partial charge is 0.143 e. The lowest BCUT2D eigenvalue weighted by Crippen LogP contribution is -2.11. The van der Waals surface area contributed by atoms with E-state index in [1.54, 1.807) is 0 Å². The number of fused-ring (bicyclic) bond motifs is 5. The highest BCUT2D eigenvalue weighted by Crippen LogP contribution is 2.44. The highest BCUT2D eigenvalue weighted by molar-refractivity contribution is 6.09. The van der Waals surface area contributed by atoms with Crippen LogP contribution in [0.2, 0.25) is 0 Å². The van der Waals surface area contributed by atoms with Crippen molar-refractivity contribution in [2.45, 2.75) is 0 Å². The molecule has 0 saturated carbocycles. The molecule has 0 amide bonds. The minimum absolute atomic E-state index is 0.904. The molecule has 10 aromatic carbocycles. The Morgan fingerprint density at radius 2 is 0.741 bits per heavy atom. The molecule has 0 aliphatic carbocycles. The first kappa shape index (κ1) is 33.6. The molecule has 0 unspecified atom stereocenters. The van der Waals surface area contributed by atoms with Crippen molar-refractivity contribution in [1.82, 2.24) is 0 Å². The van der Waals surface area contributed by atoms with Gasteiger partial charge < -0.3 is 9.32 Å². The van der Waals surface area contributed by atoms with Gasteiger partial charge in [0.25, 0.3) is 0 Å². The maximum atomic E-state index is 6.45. The van der Waals surface area contributed by atoms with Gasteiger partial charge >= 0.3 is 0 Å². The molecule has 0 aliphatic heterocycles. The van der Waals surface area contributed by atoms with Gasteiger partial charge in [-0.1, -0.05) is 182 Å². The van der Waals surface area contributed by atoms with Crippen LogP contribution < -0.4 is 4.90 Å². The molecule has 0 aliphatic rings. The quantitative estimate of drug-likeness (QED) is 0.162. The first-order valence-corrected chi connectivity index (χ1v) is 19.8. The third-order valence-electron chi connectivity index (χ3n) is 11.5. The zero-order valence-corrected chi connectivity index (χ0v) is 31.7. The Kier molecular flexibility index (Phi) is 8.19.